The monoisotopic (exact) mass is 397 g/mol. The Labute approximate surface area is 165 Å². The maximum Gasteiger partial charge on any atom is 0.269 e. The minimum atomic E-state index is -0.467. The van der Waals surface area contributed by atoms with Crippen molar-refractivity contribution in [3.63, 3.8) is 0 Å². The summed E-state index contributed by atoms with van der Waals surface area (Å²) in [5.74, 6) is 0.609. The first-order valence-corrected chi connectivity index (χ1v) is 9.92. The third-order valence-electron chi connectivity index (χ3n) is 4.84. The Morgan fingerprint density at radius 2 is 2.04 bits per heavy atom. The normalized spacial score (nSPS) is 16.9. The molecule has 144 valence electrons. The van der Waals surface area contributed by atoms with Crippen molar-refractivity contribution in [2.45, 2.75) is 18.8 Å². The van der Waals surface area contributed by atoms with Gasteiger partial charge in [-0.05, 0) is 37.1 Å². The number of thiazole rings is 1. The molecule has 1 aromatic heterocycles. The van der Waals surface area contributed by atoms with E-state index in [0.29, 0.717) is 18.8 Å². The van der Waals surface area contributed by atoms with Crippen LogP contribution in [0, 0.1) is 10.1 Å². The number of nitro groups is 1. The summed E-state index contributed by atoms with van der Waals surface area (Å²) >= 11 is 1.70. The van der Waals surface area contributed by atoms with E-state index in [1.807, 2.05) is 23.1 Å². The van der Waals surface area contributed by atoms with Crippen molar-refractivity contribution in [3.05, 3.63) is 63.7 Å². The van der Waals surface area contributed by atoms with Gasteiger partial charge in [0.15, 0.2) is 6.61 Å². The van der Waals surface area contributed by atoms with Gasteiger partial charge in [0.1, 0.15) is 5.75 Å². The van der Waals surface area contributed by atoms with Crippen molar-refractivity contribution in [3.8, 4) is 5.75 Å². The SMILES string of the molecule is O=C(COc1ccc([N+](=O)[O-])cc1)N1CCC[C@@H](c2nc3ccccc3s2)C1. The molecule has 8 heteroatoms. The Balaban J connectivity index is 1.37. The quantitative estimate of drug-likeness (QED) is 0.480. The number of nitro benzene ring substituents is 1. The van der Waals surface area contributed by atoms with Crippen LogP contribution < -0.4 is 4.74 Å². The minimum absolute atomic E-state index is 0.00613. The van der Waals surface area contributed by atoms with Crippen LogP contribution in [-0.2, 0) is 4.79 Å². The number of para-hydroxylation sites is 1. The summed E-state index contributed by atoms with van der Waals surface area (Å²) in [5, 5.41) is 11.8. The van der Waals surface area contributed by atoms with E-state index in [1.54, 1.807) is 11.3 Å². The molecule has 0 aliphatic carbocycles. The minimum Gasteiger partial charge on any atom is -0.484 e. The second-order valence-electron chi connectivity index (χ2n) is 6.74. The molecule has 1 atom stereocenters. The number of amides is 1. The number of aromatic nitrogens is 1. The van der Waals surface area contributed by atoms with Crippen LogP contribution in [-0.4, -0.2) is 40.4 Å². The van der Waals surface area contributed by atoms with Crippen molar-refractivity contribution in [1.29, 1.82) is 0 Å². The predicted octanol–water partition coefficient (Wildman–Crippen LogP) is 3.99. The number of piperidine rings is 1. The van der Waals surface area contributed by atoms with Gasteiger partial charge in [-0.2, -0.15) is 0 Å². The Hall–Kier alpha value is -3.00. The molecular formula is C20H19N3O4S. The van der Waals surface area contributed by atoms with Gasteiger partial charge in [0.2, 0.25) is 0 Å². The van der Waals surface area contributed by atoms with Gasteiger partial charge in [-0.3, -0.25) is 14.9 Å². The Bertz CT molecular complexity index is 969. The van der Waals surface area contributed by atoms with Gasteiger partial charge >= 0.3 is 0 Å². The molecule has 3 aromatic rings. The molecule has 1 fully saturated rings. The van der Waals surface area contributed by atoms with Gasteiger partial charge in [-0.1, -0.05) is 12.1 Å². The number of likely N-dealkylation sites (tertiary alicyclic amines) is 1. The molecule has 2 heterocycles. The van der Waals surface area contributed by atoms with E-state index in [2.05, 4.69) is 6.07 Å². The van der Waals surface area contributed by atoms with E-state index in [4.69, 9.17) is 9.72 Å². The zero-order valence-corrected chi connectivity index (χ0v) is 15.9. The lowest BCUT2D eigenvalue weighted by Crippen LogP contribution is -2.41. The van der Waals surface area contributed by atoms with E-state index in [-0.39, 0.29) is 24.1 Å². The third-order valence-corrected chi connectivity index (χ3v) is 6.04. The molecule has 1 amide bonds. The summed E-state index contributed by atoms with van der Waals surface area (Å²) in [5.41, 5.74) is 1.00. The summed E-state index contributed by atoms with van der Waals surface area (Å²) in [6, 6.07) is 13.8. The van der Waals surface area contributed by atoms with Gasteiger partial charge in [0.05, 0.1) is 20.1 Å². The summed E-state index contributed by atoms with van der Waals surface area (Å²) in [6.07, 6.45) is 1.96. The van der Waals surface area contributed by atoms with E-state index >= 15 is 0 Å². The first-order valence-electron chi connectivity index (χ1n) is 9.10. The largest absolute Gasteiger partial charge is 0.484 e. The zero-order chi connectivity index (χ0) is 19.5. The highest BCUT2D eigenvalue weighted by molar-refractivity contribution is 7.18. The predicted molar refractivity (Wildman–Crippen MR) is 107 cm³/mol. The third kappa shape index (κ3) is 3.96. The van der Waals surface area contributed by atoms with Gasteiger partial charge in [-0.15, -0.1) is 11.3 Å². The van der Waals surface area contributed by atoms with E-state index in [9.17, 15) is 14.9 Å². The van der Waals surface area contributed by atoms with Gasteiger partial charge < -0.3 is 9.64 Å². The molecule has 0 radical (unpaired) electrons. The van der Waals surface area contributed by atoms with Crippen molar-refractivity contribution < 1.29 is 14.5 Å². The average molecular weight is 397 g/mol. The number of non-ortho nitro benzene ring substituents is 1. The second kappa shape index (κ2) is 7.93. The smallest absolute Gasteiger partial charge is 0.269 e. The molecule has 1 aliphatic heterocycles. The summed E-state index contributed by atoms with van der Waals surface area (Å²) < 4.78 is 6.69. The fourth-order valence-electron chi connectivity index (χ4n) is 3.37. The molecule has 0 N–H and O–H groups in total. The number of hydrogen-bond acceptors (Lipinski definition) is 6. The molecule has 0 saturated carbocycles. The lowest BCUT2D eigenvalue weighted by atomic mass is 9.99. The lowest BCUT2D eigenvalue weighted by molar-refractivity contribution is -0.384. The first-order chi connectivity index (χ1) is 13.6. The fraction of sp³-hybridized carbons (Fsp3) is 0.300. The molecule has 2 aromatic carbocycles. The number of benzene rings is 2. The van der Waals surface area contributed by atoms with E-state index in [1.165, 1.54) is 29.0 Å². The van der Waals surface area contributed by atoms with Crippen LogP contribution in [0.5, 0.6) is 5.75 Å². The standard InChI is InChI=1S/C20H19N3O4S/c24-19(13-27-16-9-7-15(8-10-16)23(25)26)22-11-3-4-14(12-22)20-21-17-5-1-2-6-18(17)28-20/h1-2,5-10,14H,3-4,11-13H2/t14-/m1/s1. The molecule has 0 unspecified atom stereocenters. The van der Waals surface area contributed by atoms with Crippen molar-refractivity contribution in [1.82, 2.24) is 9.88 Å². The van der Waals surface area contributed by atoms with Gasteiger partial charge in [-0.25, -0.2) is 4.98 Å². The van der Waals surface area contributed by atoms with E-state index in [0.717, 1.165) is 23.4 Å². The lowest BCUT2D eigenvalue weighted by Gasteiger charge is -2.31. The first kappa shape index (κ1) is 18.4. The van der Waals surface area contributed by atoms with Crippen LogP contribution in [0.2, 0.25) is 0 Å². The summed E-state index contributed by atoms with van der Waals surface area (Å²) in [6.45, 7) is 1.27. The van der Waals surface area contributed by atoms with Gasteiger partial charge in [0.25, 0.3) is 11.6 Å². The van der Waals surface area contributed by atoms with Gasteiger partial charge in [0, 0.05) is 31.1 Å². The summed E-state index contributed by atoms with van der Waals surface area (Å²) in [4.78, 5) is 29.4. The second-order valence-corrected chi connectivity index (χ2v) is 7.80. The molecule has 1 aliphatic rings. The average Bonchev–Trinajstić information content (AvgIpc) is 3.17. The number of rotatable bonds is 5. The highest BCUT2D eigenvalue weighted by atomic mass is 32.1. The maximum absolute atomic E-state index is 12.6. The van der Waals surface area contributed by atoms with Crippen LogP contribution >= 0.6 is 11.3 Å². The number of carbonyl (C=O) groups is 1. The molecule has 0 spiro atoms. The Morgan fingerprint density at radius 3 is 2.79 bits per heavy atom. The number of hydrogen-bond donors (Lipinski definition) is 0. The molecule has 1 saturated heterocycles. The highest BCUT2D eigenvalue weighted by Crippen LogP contribution is 2.33. The molecule has 7 nitrogen and oxygen atoms in total. The van der Waals surface area contributed by atoms with Crippen molar-refractivity contribution in [2.24, 2.45) is 0 Å². The summed E-state index contributed by atoms with van der Waals surface area (Å²) in [7, 11) is 0. The Morgan fingerprint density at radius 1 is 1.25 bits per heavy atom. The Kier molecular flexibility index (Phi) is 5.21. The maximum atomic E-state index is 12.6. The topological polar surface area (TPSA) is 85.6 Å². The fourth-order valence-corrected chi connectivity index (χ4v) is 4.46. The zero-order valence-electron chi connectivity index (χ0n) is 15.1. The number of nitrogens with zero attached hydrogens (tertiary/aromatic N) is 3. The van der Waals surface area contributed by atoms with Crippen LogP contribution in [0.1, 0.15) is 23.8 Å². The molecule has 4 rings (SSSR count). The molecule has 0 bridgehead atoms. The van der Waals surface area contributed by atoms with Crippen molar-refractivity contribution in [2.75, 3.05) is 19.7 Å². The molecular weight excluding hydrogens is 378 g/mol. The number of fused-ring (bicyclic) bond motifs is 1. The number of ether oxygens (including phenoxy) is 1. The van der Waals surface area contributed by atoms with Crippen LogP contribution in [0.15, 0.2) is 48.5 Å². The highest BCUT2D eigenvalue weighted by Gasteiger charge is 2.27. The molecule has 28 heavy (non-hydrogen) atoms. The number of carbonyl (C=O) groups excluding carboxylic acids is 1. The van der Waals surface area contributed by atoms with Crippen molar-refractivity contribution >= 4 is 33.1 Å². The van der Waals surface area contributed by atoms with E-state index < -0.39 is 4.92 Å². The van der Waals surface area contributed by atoms with Crippen LogP contribution in [0.25, 0.3) is 10.2 Å². The van der Waals surface area contributed by atoms with Crippen LogP contribution in [0.4, 0.5) is 5.69 Å². The van der Waals surface area contributed by atoms with Crippen LogP contribution in [0.3, 0.4) is 0 Å².